The van der Waals surface area contributed by atoms with Crippen LogP contribution in [-0.4, -0.2) is 26.1 Å². The van der Waals surface area contributed by atoms with E-state index in [4.69, 9.17) is 10.9 Å². The summed E-state index contributed by atoms with van der Waals surface area (Å²) in [6.07, 6.45) is 1.71. The van der Waals surface area contributed by atoms with E-state index in [0.29, 0.717) is 6.54 Å². The highest BCUT2D eigenvalue weighted by Gasteiger charge is 2.11. The number of hydrogen-bond donors (Lipinski definition) is 2. The maximum atomic E-state index is 12.0. The quantitative estimate of drug-likeness (QED) is 0.375. The van der Waals surface area contributed by atoms with Gasteiger partial charge in [0.15, 0.2) is 5.84 Å². The van der Waals surface area contributed by atoms with E-state index in [1.807, 2.05) is 0 Å². The van der Waals surface area contributed by atoms with Crippen LogP contribution in [0.2, 0.25) is 0 Å². The molecule has 0 aliphatic heterocycles. The highest BCUT2D eigenvalue weighted by molar-refractivity contribution is 8.00. The van der Waals surface area contributed by atoms with Gasteiger partial charge in [0, 0.05) is 23.2 Å². The van der Waals surface area contributed by atoms with Gasteiger partial charge in [-0.15, -0.1) is 0 Å². The van der Waals surface area contributed by atoms with Crippen molar-refractivity contribution in [2.75, 3.05) is 5.75 Å². The third-order valence-corrected chi connectivity index (χ3v) is 3.52. The van der Waals surface area contributed by atoms with E-state index in [2.05, 4.69) is 25.9 Å². The number of aromatic nitrogens is 1. The minimum Gasteiger partial charge on any atom is -0.409 e. The topological polar surface area (TPSA) is 80.6 Å². The van der Waals surface area contributed by atoms with Crippen LogP contribution in [0.3, 0.4) is 0 Å². The highest BCUT2D eigenvalue weighted by atomic mass is 32.2. The Kier molecular flexibility index (Phi) is 4.84. The van der Waals surface area contributed by atoms with E-state index >= 15 is 0 Å². The van der Waals surface area contributed by atoms with Crippen molar-refractivity contribution < 1.29 is 5.21 Å². The summed E-state index contributed by atoms with van der Waals surface area (Å²) in [5.74, 6) is 0.682. The van der Waals surface area contributed by atoms with Crippen molar-refractivity contribution >= 4 is 17.6 Å². The van der Waals surface area contributed by atoms with Gasteiger partial charge in [-0.1, -0.05) is 25.9 Å². The Morgan fingerprint density at radius 2 is 2.22 bits per heavy atom. The van der Waals surface area contributed by atoms with Crippen LogP contribution in [0.25, 0.3) is 0 Å². The number of aryl methyl sites for hydroxylation is 1. The van der Waals surface area contributed by atoms with Gasteiger partial charge in [-0.3, -0.25) is 4.79 Å². The molecule has 0 saturated carbocycles. The second kappa shape index (κ2) is 5.95. The molecule has 0 bridgehead atoms. The van der Waals surface area contributed by atoms with Gasteiger partial charge in [-0.05, 0) is 12.1 Å². The molecule has 1 aromatic heterocycles. The normalized spacial score (nSPS) is 12.7. The molecule has 1 aromatic rings. The molecule has 0 saturated heterocycles. The summed E-state index contributed by atoms with van der Waals surface area (Å²) in [6.45, 7) is 7.00. The van der Waals surface area contributed by atoms with Crippen LogP contribution in [0.4, 0.5) is 0 Å². The number of thioether (sulfide) groups is 1. The molecule has 0 fully saturated rings. The van der Waals surface area contributed by atoms with Crippen molar-refractivity contribution in [1.82, 2.24) is 4.57 Å². The maximum absolute atomic E-state index is 12.0. The molecule has 1 heterocycles. The van der Waals surface area contributed by atoms with E-state index < -0.39 is 0 Å². The van der Waals surface area contributed by atoms with Crippen molar-refractivity contribution in [2.24, 2.45) is 10.9 Å². The predicted octanol–water partition coefficient (Wildman–Crippen LogP) is 1.47. The highest BCUT2D eigenvalue weighted by Crippen LogP contribution is 2.22. The zero-order chi connectivity index (χ0) is 13.8. The Morgan fingerprint density at radius 3 is 2.78 bits per heavy atom. The van der Waals surface area contributed by atoms with Crippen molar-refractivity contribution in [3.63, 3.8) is 0 Å². The summed E-state index contributed by atoms with van der Waals surface area (Å²) in [5, 5.41) is 11.5. The lowest BCUT2D eigenvalue weighted by atomic mass is 10.2. The van der Waals surface area contributed by atoms with Gasteiger partial charge in [-0.2, -0.15) is 11.8 Å². The van der Waals surface area contributed by atoms with E-state index in [1.54, 1.807) is 34.7 Å². The zero-order valence-corrected chi connectivity index (χ0v) is 11.7. The fourth-order valence-electron chi connectivity index (χ4n) is 1.41. The SMILES string of the molecule is CC(C)(C)SCCn1cccc(/C(N)=N/O)c1=O. The maximum Gasteiger partial charge on any atom is 0.261 e. The van der Waals surface area contributed by atoms with Crippen LogP contribution < -0.4 is 11.3 Å². The second-order valence-corrected chi connectivity index (χ2v) is 6.79. The molecule has 6 heteroatoms. The van der Waals surface area contributed by atoms with Crippen LogP contribution >= 0.6 is 11.8 Å². The lowest BCUT2D eigenvalue weighted by Gasteiger charge is -2.17. The van der Waals surface area contributed by atoms with Crippen LogP contribution in [0, 0.1) is 0 Å². The van der Waals surface area contributed by atoms with Crippen molar-refractivity contribution in [1.29, 1.82) is 0 Å². The van der Waals surface area contributed by atoms with Gasteiger partial charge >= 0.3 is 0 Å². The summed E-state index contributed by atoms with van der Waals surface area (Å²) in [5.41, 5.74) is 5.43. The Labute approximate surface area is 111 Å². The molecule has 0 aromatic carbocycles. The molecule has 18 heavy (non-hydrogen) atoms. The molecular weight excluding hydrogens is 250 g/mol. The second-order valence-electron chi connectivity index (χ2n) is 4.87. The molecule has 0 radical (unpaired) electrons. The first-order valence-electron chi connectivity index (χ1n) is 5.66. The van der Waals surface area contributed by atoms with Crippen LogP contribution in [0.1, 0.15) is 26.3 Å². The standard InChI is InChI=1S/C12H19N3O2S/c1-12(2,3)18-8-7-15-6-4-5-9(11(15)16)10(13)14-17/h4-6,17H,7-8H2,1-3H3,(H2,13,14). The molecule has 5 nitrogen and oxygen atoms in total. The van der Waals surface area contributed by atoms with Crippen molar-refractivity contribution in [2.45, 2.75) is 32.1 Å². The van der Waals surface area contributed by atoms with Crippen LogP contribution in [-0.2, 0) is 6.54 Å². The van der Waals surface area contributed by atoms with Gasteiger partial charge in [0.1, 0.15) is 0 Å². The van der Waals surface area contributed by atoms with Crippen molar-refractivity contribution in [3.8, 4) is 0 Å². The average Bonchev–Trinajstić information content (AvgIpc) is 2.29. The monoisotopic (exact) mass is 269 g/mol. The summed E-state index contributed by atoms with van der Waals surface area (Å²) in [4.78, 5) is 12.0. The van der Waals surface area contributed by atoms with Gasteiger partial charge in [-0.25, -0.2) is 0 Å². The molecule has 3 N–H and O–H groups in total. The number of rotatable bonds is 4. The fourth-order valence-corrected chi connectivity index (χ4v) is 2.31. The van der Waals surface area contributed by atoms with Gasteiger partial charge in [0.25, 0.3) is 5.56 Å². The minimum atomic E-state index is -0.234. The Balaban J connectivity index is 2.83. The molecule has 1 rings (SSSR count). The lowest BCUT2D eigenvalue weighted by Crippen LogP contribution is -2.30. The Hall–Kier alpha value is -1.43. The van der Waals surface area contributed by atoms with Gasteiger partial charge in [0.05, 0.1) is 5.56 Å². The number of pyridine rings is 1. The van der Waals surface area contributed by atoms with E-state index in [0.717, 1.165) is 5.75 Å². The first-order chi connectivity index (χ1) is 8.35. The summed E-state index contributed by atoms with van der Waals surface area (Å²) in [6, 6.07) is 3.27. The molecular formula is C12H19N3O2S. The number of nitrogens with zero attached hydrogens (tertiary/aromatic N) is 2. The van der Waals surface area contributed by atoms with E-state index in [1.165, 1.54) is 0 Å². The average molecular weight is 269 g/mol. The lowest BCUT2D eigenvalue weighted by molar-refractivity contribution is 0.318. The number of oxime groups is 1. The minimum absolute atomic E-state index is 0.155. The molecule has 0 unspecified atom stereocenters. The first-order valence-corrected chi connectivity index (χ1v) is 6.65. The van der Waals surface area contributed by atoms with E-state index in [9.17, 15) is 4.79 Å². The van der Waals surface area contributed by atoms with Crippen molar-refractivity contribution in [3.05, 3.63) is 34.2 Å². The summed E-state index contributed by atoms with van der Waals surface area (Å²) < 4.78 is 1.75. The molecule has 100 valence electrons. The van der Waals surface area contributed by atoms with Crippen LogP contribution in [0.5, 0.6) is 0 Å². The van der Waals surface area contributed by atoms with Gasteiger partial charge < -0.3 is 15.5 Å². The third kappa shape index (κ3) is 4.10. The fraction of sp³-hybridized carbons (Fsp3) is 0.500. The molecule has 0 aliphatic carbocycles. The third-order valence-electron chi connectivity index (χ3n) is 2.27. The molecule has 0 amide bonds. The number of hydrogen-bond acceptors (Lipinski definition) is 4. The molecule has 0 spiro atoms. The Bertz CT molecular complexity index is 489. The zero-order valence-electron chi connectivity index (χ0n) is 10.9. The largest absolute Gasteiger partial charge is 0.409 e. The van der Waals surface area contributed by atoms with Gasteiger partial charge in [0.2, 0.25) is 0 Å². The molecule has 0 aliphatic rings. The Morgan fingerprint density at radius 1 is 1.56 bits per heavy atom. The van der Waals surface area contributed by atoms with Crippen LogP contribution in [0.15, 0.2) is 28.3 Å². The molecule has 0 atom stereocenters. The smallest absolute Gasteiger partial charge is 0.261 e. The number of nitrogens with two attached hydrogens (primary N) is 1. The van der Waals surface area contributed by atoms with E-state index in [-0.39, 0.29) is 21.7 Å². The predicted molar refractivity (Wildman–Crippen MR) is 75.4 cm³/mol. The first kappa shape index (κ1) is 14.6. The summed E-state index contributed by atoms with van der Waals surface area (Å²) >= 11 is 1.79. The number of amidine groups is 1. The summed E-state index contributed by atoms with van der Waals surface area (Å²) in [7, 11) is 0.